The number of nitrogens with two attached hydrogens (primary N) is 1. The lowest BCUT2D eigenvalue weighted by atomic mass is 10.2. The van der Waals surface area contributed by atoms with Crippen LogP contribution >= 0.6 is 23.2 Å². The van der Waals surface area contributed by atoms with E-state index in [0.29, 0.717) is 21.7 Å². The molecule has 0 saturated heterocycles. The molecule has 2 aromatic carbocycles. The molecule has 0 fully saturated rings. The second kappa shape index (κ2) is 5.15. The minimum absolute atomic E-state index is 0.152. The Kier molecular flexibility index (Phi) is 3.34. The van der Waals surface area contributed by atoms with Crippen LogP contribution in [-0.2, 0) is 0 Å². The number of nitrogens with zero attached hydrogens (tertiary/aromatic N) is 2. The van der Waals surface area contributed by atoms with Crippen molar-refractivity contribution in [3.8, 4) is 11.6 Å². The van der Waals surface area contributed by atoms with Gasteiger partial charge in [-0.1, -0.05) is 35.3 Å². The molecule has 0 aliphatic carbocycles. The van der Waals surface area contributed by atoms with Gasteiger partial charge in [-0.3, -0.25) is 0 Å². The van der Waals surface area contributed by atoms with E-state index in [1.54, 1.807) is 18.2 Å². The highest BCUT2D eigenvalue weighted by Gasteiger charge is 2.09. The summed E-state index contributed by atoms with van der Waals surface area (Å²) in [6, 6.07) is 12.4. The summed E-state index contributed by atoms with van der Waals surface area (Å²) < 4.78 is 5.73. The molecule has 0 spiro atoms. The number of hydrogen-bond donors (Lipinski definition) is 1. The summed E-state index contributed by atoms with van der Waals surface area (Å²) in [5.41, 5.74) is 6.40. The zero-order valence-electron chi connectivity index (χ0n) is 10.2. The van der Waals surface area contributed by atoms with Gasteiger partial charge >= 0.3 is 0 Å². The number of anilines is 1. The van der Waals surface area contributed by atoms with Crippen LogP contribution < -0.4 is 10.5 Å². The second-order valence-electron chi connectivity index (χ2n) is 4.08. The van der Waals surface area contributed by atoms with Crippen molar-refractivity contribution >= 4 is 40.1 Å². The van der Waals surface area contributed by atoms with Crippen molar-refractivity contribution in [2.75, 3.05) is 5.73 Å². The molecule has 0 atom stereocenters. The highest BCUT2D eigenvalue weighted by Crippen LogP contribution is 2.31. The number of aromatic nitrogens is 2. The highest BCUT2D eigenvalue weighted by atomic mass is 35.5. The largest absolute Gasteiger partial charge is 0.438 e. The predicted molar refractivity (Wildman–Crippen MR) is 80.5 cm³/mol. The molecule has 4 nitrogen and oxygen atoms in total. The number of hydrogen-bond acceptors (Lipinski definition) is 4. The maximum Gasteiger partial charge on any atom is 0.231 e. The van der Waals surface area contributed by atoms with Gasteiger partial charge in [0.25, 0.3) is 0 Å². The molecule has 3 rings (SSSR count). The third-order valence-electron chi connectivity index (χ3n) is 2.69. The van der Waals surface area contributed by atoms with E-state index >= 15 is 0 Å². The zero-order chi connectivity index (χ0) is 14.1. The first kappa shape index (κ1) is 13.0. The number of nitrogen functional groups attached to an aromatic ring is 1. The molecule has 0 radical (unpaired) electrons. The van der Waals surface area contributed by atoms with Crippen molar-refractivity contribution in [2.24, 2.45) is 0 Å². The van der Waals surface area contributed by atoms with Crippen LogP contribution in [0.5, 0.6) is 11.6 Å². The molecule has 0 saturated carbocycles. The Morgan fingerprint density at radius 2 is 1.75 bits per heavy atom. The summed E-state index contributed by atoms with van der Waals surface area (Å²) in [5, 5.41) is 1.65. The normalized spacial score (nSPS) is 10.7. The highest BCUT2D eigenvalue weighted by molar-refractivity contribution is 6.42. The summed E-state index contributed by atoms with van der Waals surface area (Å²) in [7, 11) is 0. The van der Waals surface area contributed by atoms with E-state index < -0.39 is 0 Å². The fraction of sp³-hybridized carbons (Fsp3) is 0. The Balaban J connectivity index is 2.07. The minimum atomic E-state index is 0.152. The maximum atomic E-state index is 5.96. The summed E-state index contributed by atoms with van der Waals surface area (Å²) in [4.78, 5) is 8.27. The fourth-order valence-corrected chi connectivity index (χ4v) is 2.08. The van der Waals surface area contributed by atoms with E-state index in [9.17, 15) is 0 Å². The summed E-state index contributed by atoms with van der Waals surface area (Å²) in [6.45, 7) is 0. The number of benzene rings is 2. The Bertz CT molecular complexity index is 792. The number of para-hydroxylation sites is 1. The number of fused-ring (bicyclic) bond motifs is 1. The summed E-state index contributed by atoms with van der Waals surface area (Å²) in [5.74, 6) is 1.06. The van der Waals surface area contributed by atoms with E-state index in [2.05, 4.69) is 9.97 Å². The van der Waals surface area contributed by atoms with Crippen LogP contribution in [0.1, 0.15) is 0 Å². The maximum absolute atomic E-state index is 5.96. The molecule has 1 heterocycles. The topological polar surface area (TPSA) is 61.0 Å². The van der Waals surface area contributed by atoms with Crippen molar-refractivity contribution in [1.29, 1.82) is 0 Å². The van der Waals surface area contributed by atoms with Crippen molar-refractivity contribution in [2.45, 2.75) is 0 Å². The Labute approximate surface area is 125 Å². The van der Waals surface area contributed by atoms with Gasteiger partial charge in [0.15, 0.2) is 0 Å². The molecule has 20 heavy (non-hydrogen) atoms. The Morgan fingerprint density at radius 3 is 2.55 bits per heavy atom. The lowest BCUT2D eigenvalue weighted by molar-refractivity contribution is 0.469. The van der Waals surface area contributed by atoms with E-state index in [4.69, 9.17) is 33.7 Å². The van der Waals surface area contributed by atoms with Crippen molar-refractivity contribution in [3.63, 3.8) is 0 Å². The lowest BCUT2D eigenvalue weighted by Crippen LogP contribution is -1.98. The van der Waals surface area contributed by atoms with Gasteiger partial charge in [-0.25, -0.2) is 4.98 Å². The van der Waals surface area contributed by atoms with Gasteiger partial charge in [0, 0.05) is 6.07 Å². The third-order valence-corrected chi connectivity index (χ3v) is 3.43. The summed E-state index contributed by atoms with van der Waals surface area (Å²) in [6.07, 6.45) is 0. The van der Waals surface area contributed by atoms with E-state index in [0.717, 1.165) is 10.9 Å². The average molecular weight is 306 g/mol. The first-order valence-corrected chi connectivity index (χ1v) is 6.54. The average Bonchev–Trinajstić information content (AvgIpc) is 2.43. The fourth-order valence-electron chi connectivity index (χ4n) is 1.79. The molecule has 100 valence electrons. The van der Waals surface area contributed by atoms with Crippen LogP contribution in [0.25, 0.3) is 10.9 Å². The van der Waals surface area contributed by atoms with E-state index in [1.165, 1.54) is 0 Å². The predicted octanol–water partition coefficient (Wildman–Crippen LogP) is 4.31. The lowest BCUT2D eigenvalue weighted by Gasteiger charge is -2.09. The number of rotatable bonds is 2. The van der Waals surface area contributed by atoms with Crippen LogP contribution in [-0.4, -0.2) is 9.97 Å². The molecule has 0 unspecified atom stereocenters. The van der Waals surface area contributed by atoms with E-state index in [1.807, 2.05) is 24.3 Å². The molecule has 0 aliphatic heterocycles. The van der Waals surface area contributed by atoms with E-state index in [-0.39, 0.29) is 5.95 Å². The molecule has 6 heteroatoms. The minimum Gasteiger partial charge on any atom is -0.438 e. The molecule has 0 bridgehead atoms. The molecule has 3 aromatic rings. The number of ether oxygens (including phenoxy) is 1. The first-order chi connectivity index (χ1) is 9.63. The molecular formula is C14H9Cl2N3O. The smallest absolute Gasteiger partial charge is 0.231 e. The van der Waals surface area contributed by atoms with Gasteiger partial charge in [-0.2, -0.15) is 4.98 Å². The van der Waals surface area contributed by atoms with Crippen LogP contribution in [0.3, 0.4) is 0 Å². The second-order valence-corrected chi connectivity index (χ2v) is 4.90. The van der Waals surface area contributed by atoms with Gasteiger partial charge in [-0.15, -0.1) is 0 Å². The molecule has 0 aliphatic rings. The third kappa shape index (κ3) is 2.48. The van der Waals surface area contributed by atoms with Crippen molar-refractivity contribution in [3.05, 3.63) is 52.5 Å². The van der Waals surface area contributed by atoms with Gasteiger partial charge in [-0.05, 0) is 24.3 Å². The summed E-state index contributed by atoms with van der Waals surface area (Å²) >= 11 is 11.8. The van der Waals surface area contributed by atoms with Gasteiger partial charge in [0.2, 0.25) is 11.8 Å². The standard InChI is InChI=1S/C14H9Cl2N3O/c15-10-6-5-8(7-11(10)16)20-13-9-3-1-2-4-12(9)18-14(17)19-13/h1-7H,(H2,17,18,19). The zero-order valence-corrected chi connectivity index (χ0v) is 11.7. The van der Waals surface area contributed by atoms with Crippen LogP contribution in [0.15, 0.2) is 42.5 Å². The Morgan fingerprint density at radius 1 is 0.950 bits per heavy atom. The SMILES string of the molecule is Nc1nc(Oc2ccc(Cl)c(Cl)c2)c2ccccc2n1. The Hall–Kier alpha value is -2.04. The first-order valence-electron chi connectivity index (χ1n) is 5.78. The van der Waals surface area contributed by atoms with Gasteiger partial charge < -0.3 is 10.5 Å². The quantitative estimate of drug-likeness (QED) is 0.766. The van der Waals surface area contributed by atoms with Crippen molar-refractivity contribution < 1.29 is 4.74 Å². The molecular weight excluding hydrogens is 297 g/mol. The van der Waals surface area contributed by atoms with Crippen molar-refractivity contribution in [1.82, 2.24) is 9.97 Å². The molecule has 1 aromatic heterocycles. The van der Waals surface area contributed by atoms with Crippen LogP contribution in [0.2, 0.25) is 10.0 Å². The number of halogens is 2. The van der Waals surface area contributed by atoms with Crippen LogP contribution in [0, 0.1) is 0 Å². The van der Waals surface area contributed by atoms with Gasteiger partial charge in [0.05, 0.1) is 20.9 Å². The molecule has 2 N–H and O–H groups in total. The van der Waals surface area contributed by atoms with Crippen LogP contribution in [0.4, 0.5) is 5.95 Å². The molecule has 0 amide bonds. The van der Waals surface area contributed by atoms with Gasteiger partial charge in [0.1, 0.15) is 5.75 Å². The monoisotopic (exact) mass is 305 g/mol.